The van der Waals surface area contributed by atoms with Gasteiger partial charge in [0, 0.05) is 10.6 Å². The number of halogens is 1. The lowest BCUT2D eigenvalue weighted by atomic mass is 10.4. The SMILES string of the molecule is Nc1nc(N)nc(COC(=O)CCSc2ccc(F)cc2)n1. The van der Waals surface area contributed by atoms with E-state index in [9.17, 15) is 9.18 Å². The fraction of sp³-hybridized carbons (Fsp3) is 0.231. The third-order valence-corrected chi connectivity index (χ3v) is 3.48. The zero-order valence-electron chi connectivity index (χ0n) is 11.5. The van der Waals surface area contributed by atoms with Gasteiger partial charge in [-0.2, -0.15) is 15.0 Å². The Hall–Kier alpha value is -2.42. The number of rotatable bonds is 6. The predicted octanol–water partition coefficient (Wildman–Crippen LogP) is 1.40. The Morgan fingerprint density at radius 1 is 1.14 bits per heavy atom. The molecular weight excluding hydrogens is 309 g/mol. The van der Waals surface area contributed by atoms with Crippen LogP contribution in [0.3, 0.4) is 0 Å². The highest BCUT2D eigenvalue weighted by Gasteiger charge is 2.07. The number of aromatic nitrogens is 3. The lowest BCUT2D eigenvalue weighted by Gasteiger charge is -2.05. The number of thioether (sulfide) groups is 1. The van der Waals surface area contributed by atoms with Gasteiger partial charge >= 0.3 is 5.97 Å². The normalized spacial score (nSPS) is 10.4. The molecule has 116 valence electrons. The molecule has 0 fully saturated rings. The van der Waals surface area contributed by atoms with Crippen LogP contribution in [0.5, 0.6) is 0 Å². The molecule has 7 nitrogen and oxygen atoms in total. The second-order valence-corrected chi connectivity index (χ2v) is 5.35. The van der Waals surface area contributed by atoms with E-state index < -0.39 is 5.97 Å². The number of esters is 1. The first-order chi connectivity index (χ1) is 10.5. The number of benzene rings is 1. The molecule has 0 radical (unpaired) electrons. The fourth-order valence-electron chi connectivity index (χ4n) is 1.52. The molecule has 0 spiro atoms. The molecule has 0 aliphatic heterocycles. The lowest BCUT2D eigenvalue weighted by molar-refractivity contribution is -0.144. The highest BCUT2D eigenvalue weighted by molar-refractivity contribution is 7.99. The summed E-state index contributed by atoms with van der Waals surface area (Å²) in [6.45, 7) is -0.114. The highest BCUT2D eigenvalue weighted by Crippen LogP contribution is 2.19. The molecular formula is C13H14FN5O2S. The van der Waals surface area contributed by atoms with Crippen LogP contribution in [0.25, 0.3) is 0 Å². The van der Waals surface area contributed by atoms with Crippen molar-refractivity contribution in [1.82, 2.24) is 15.0 Å². The number of nitrogen functional groups attached to an aromatic ring is 2. The van der Waals surface area contributed by atoms with Crippen molar-refractivity contribution in [1.29, 1.82) is 0 Å². The van der Waals surface area contributed by atoms with Crippen LogP contribution < -0.4 is 11.5 Å². The summed E-state index contributed by atoms with van der Waals surface area (Å²) >= 11 is 1.44. The maximum absolute atomic E-state index is 12.7. The largest absolute Gasteiger partial charge is 0.457 e. The van der Waals surface area contributed by atoms with Crippen LogP contribution in [0.2, 0.25) is 0 Å². The van der Waals surface area contributed by atoms with E-state index in [1.807, 2.05) is 0 Å². The summed E-state index contributed by atoms with van der Waals surface area (Å²) in [5, 5.41) is 0. The van der Waals surface area contributed by atoms with Crippen molar-refractivity contribution >= 4 is 29.6 Å². The second kappa shape index (κ2) is 7.55. The van der Waals surface area contributed by atoms with Gasteiger partial charge in [0.25, 0.3) is 0 Å². The van der Waals surface area contributed by atoms with Gasteiger partial charge in [-0.3, -0.25) is 4.79 Å². The van der Waals surface area contributed by atoms with Gasteiger partial charge in [0.2, 0.25) is 11.9 Å². The van der Waals surface area contributed by atoms with E-state index in [0.717, 1.165) is 4.90 Å². The lowest BCUT2D eigenvalue weighted by Crippen LogP contribution is -2.11. The van der Waals surface area contributed by atoms with Gasteiger partial charge in [0.05, 0.1) is 6.42 Å². The van der Waals surface area contributed by atoms with Crippen molar-refractivity contribution in [3.63, 3.8) is 0 Å². The first kappa shape index (κ1) is 16.0. The predicted molar refractivity (Wildman–Crippen MR) is 80.2 cm³/mol. The number of carbonyl (C=O) groups excluding carboxylic acids is 1. The van der Waals surface area contributed by atoms with Crippen LogP contribution in [0, 0.1) is 5.82 Å². The summed E-state index contributed by atoms with van der Waals surface area (Å²) in [5.41, 5.74) is 10.8. The molecule has 1 heterocycles. The number of anilines is 2. The number of nitrogens with two attached hydrogens (primary N) is 2. The van der Waals surface area contributed by atoms with Gasteiger partial charge < -0.3 is 16.2 Å². The van der Waals surface area contributed by atoms with Crippen LogP contribution in [-0.4, -0.2) is 26.7 Å². The minimum Gasteiger partial charge on any atom is -0.457 e. The van der Waals surface area contributed by atoms with E-state index in [2.05, 4.69) is 15.0 Å². The molecule has 0 atom stereocenters. The third kappa shape index (κ3) is 5.17. The number of hydrogen-bond acceptors (Lipinski definition) is 8. The molecule has 2 aromatic rings. The summed E-state index contributed by atoms with van der Waals surface area (Å²) in [4.78, 5) is 23.7. The number of carbonyl (C=O) groups is 1. The van der Waals surface area contributed by atoms with Crippen molar-refractivity contribution in [2.24, 2.45) is 0 Å². The molecule has 1 aromatic carbocycles. The van der Waals surface area contributed by atoms with Crippen molar-refractivity contribution in [3.8, 4) is 0 Å². The molecule has 0 amide bonds. The fourth-order valence-corrected chi connectivity index (χ4v) is 2.35. The summed E-state index contributed by atoms with van der Waals surface area (Å²) in [7, 11) is 0. The van der Waals surface area contributed by atoms with Crippen molar-refractivity contribution in [2.45, 2.75) is 17.9 Å². The molecule has 0 saturated carbocycles. The maximum Gasteiger partial charge on any atom is 0.307 e. The van der Waals surface area contributed by atoms with Gasteiger partial charge in [0.15, 0.2) is 12.4 Å². The number of ether oxygens (including phenoxy) is 1. The zero-order chi connectivity index (χ0) is 15.9. The van der Waals surface area contributed by atoms with E-state index in [1.165, 1.54) is 23.9 Å². The molecule has 0 unspecified atom stereocenters. The smallest absolute Gasteiger partial charge is 0.307 e. The van der Waals surface area contributed by atoms with Crippen molar-refractivity contribution in [2.75, 3.05) is 17.2 Å². The van der Waals surface area contributed by atoms with Gasteiger partial charge in [0.1, 0.15) is 5.82 Å². The Morgan fingerprint density at radius 3 is 2.41 bits per heavy atom. The van der Waals surface area contributed by atoms with E-state index in [1.54, 1.807) is 12.1 Å². The van der Waals surface area contributed by atoms with E-state index in [-0.39, 0.29) is 36.6 Å². The van der Waals surface area contributed by atoms with E-state index >= 15 is 0 Å². The minimum absolute atomic E-state index is 0.0228. The number of nitrogens with zero attached hydrogens (tertiary/aromatic N) is 3. The Labute approximate surface area is 130 Å². The molecule has 1 aromatic heterocycles. The molecule has 0 bridgehead atoms. The summed E-state index contributed by atoms with van der Waals surface area (Å²) in [5.74, 6) is -0.0152. The average Bonchev–Trinajstić information content (AvgIpc) is 2.46. The zero-order valence-corrected chi connectivity index (χ0v) is 12.3. The van der Waals surface area contributed by atoms with Gasteiger partial charge in [-0.25, -0.2) is 4.39 Å². The van der Waals surface area contributed by atoms with Crippen LogP contribution in [-0.2, 0) is 16.1 Å². The Balaban J connectivity index is 1.72. The molecule has 2 rings (SSSR count). The Bertz CT molecular complexity index is 633. The maximum atomic E-state index is 12.7. The average molecular weight is 323 g/mol. The molecule has 9 heteroatoms. The summed E-state index contributed by atoms with van der Waals surface area (Å²) < 4.78 is 17.8. The second-order valence-electron chi connectivity index (χ2n) is 4.18. The first-order valence-electron chi connectivity index (χ1n) is 6.33. The summed E-state index contributed by atoms with van der Waals surface area (Å²) in [6.07, 6.45) is 0.206. The quantitative estimate of drug-likeness (QED) is 0.605. The molecule has 22 heavy (non-hydrogen) atoms. The standard InChI is InChI=1S/C13H14FN5O2S/c14-8-1-3-9(4-2-8)22-6-5-11(20)21-7-10-17-12(15)19-13(16)18-10/h1-4H,5-7H2,(H4,15,16,17,18,19). The molecule has 0 saturated heterocycles. The first-order valence-corrected chi connectivity index (χ1v) is 7.31. The van der Waals surface area contributed by atoms with Gasteiger partial charge in [-0.05, 0) is 24.3 Å². The summed E-state index contributed by atoms with van der Waals surface area (Å²) in [6, 6.07) is 6.05. The molecule has 0 aliphatic carbocycles. The highest BCUT2D eigenvalue weighted by atomic mass is 32.2. The number of hydrogen-bond donors (Lipinski definition) is 2. The van der Waals surface area contributed by atoms with Gasteiger partial charge in [-0.15, -0.1) is 11.8 Å². The van der Waals surface area contributed by atoms with Crippen molar-refractivity contribution in [3.05, 3.63) is 35.9 Å². The molecule has 4 N–H and O–H groups in total. The Kier molecular flexibility index (Phi) is 5.48. The molecule has 0 aliphatic rings. The minimum atomic E-state index is -0.396. The van der Waals surface area contributed by atoms with Crippen LogP contribution >= 0.6 is 11.8 Å². The Morgan fingerprint density at radius 2 is 1.77 bits per heavy atom. The van der Waals surface area contributed by atoms with E-state index in [0.29, 0.717) is 5.75 Å². The monoisotopic (exact) mass is 323 g/mol. The topological polar surface area (TPSA) is 117 Å². The van der Waals surface area contributed by atoms with E-state index in [4.69, 9.17) is 16.2 Å². The van der Waals surface area contributed by atoms with Crippen LogP contribution in [0.4, 0.5) is 16.3 Å². The van der Waals surface area contributed by atoms with Gasteiger partial charge in [-0.1, -0.05) is 0 Å². The van der Waals surface area contributed by atoms with Crippen LogP contribution in [0.15, 0.2) is 29.2 Å². The van der Waals surface area contributed by atoms with Crippen molar-refractivity contribution < 1.29 is 13.9 Å². The third-order valence-electron chi connectivity index (χ3n) is 2.47. The van der Waals surface area contributed by atoms with Crippen LogP contribution in [0.1, 0.15) is 12.2 Å².